The molecule has 2 aromatic rings. The first-order valence-electron chi connectivity index (χ1n) is 8.42. The lowest BCUT2D eigenvalue weighted by molar-refractivity contribution is -0.117. The third-order valence-electron chi connectivity index (χ3n) is 4.00. The molecule has 1 saturated carbocycles. The van der Waals surface area contributed by atoms with E-state index in [1.54, 1.807) is 11.8 Å². The Morgan fingerprint density at radius 3 is 2.60 bits per heavy atom. The molecule has 1 aromatic heterocycles. The summed E-state index contributed by atoms with van der Waals surface area (Å²) in [4.78, 5) is 26.0. The third kappa shape index (κ3) is 5.09. The van der Waals surface area contributed by atoms with Gasteiger partial charge in [0.25, 0.3) is 5.91 Å². The molecule has 0 unspecified atom stereocenters. The molecule has 1 fully saturated rings. The Bertz CT molecular complexity index is 764. The van der Waals surface area contributed by atoms with Gasteiger partial charge in [-0.1, -0.05) is 17.7 Å². The van der Waals surface area contributed by atoms with Gasteiger partial charge in [-0.25, -0.2) is 0 Å². The molecule has 4 nitrogen and oxygen atoms in total. The van der Waals surface area contributed by atoms with E-state index in [2.05, 4.69) is 41.8 Å². The fourth-order valence-electron chi connectivity index (χ4n) is 2.39. The molecule has 0 radical (unpaired) electrons. The fraction of sp³-hybridized carbons (Fsp3) is 0.368. The van der Waals surface area contributed by atoms with Crippen LogP contribution in [0, 0.1) is 19.8 Å². The monoisotopic (exact) mass is 374 g/mol. The molecule has 2 N–H and O–H groups in total. The number of carbonyl (C=O) groups is 2. The molecular formula is C19H22N2O2S2. The van der Waals surface area contributed by atoms with Crippen molar-refractivity contribution in [3.63, 3.8) is 0 Å². The van der Waals surface area contributed by atoms with Crippen molar-refractivity contribution in [1.82, 2.24) is 5.32 Å². The van der Waals surface area contributed by atoms with Crippen LogP contribution in [0.3, 0.4) is 0 Å². The minimum Gasteiger partial charge on any atom is -0.350 e. The van der Waals surface area contributed by atoms with Gasteiger partial charge in [0.2, 0.25) is 5.91 Å². The second kappa shape index (κ2) is 8.06. The van der Waals surface area contributed by atoms with Crippen LogP contribution in [0.5, 0.6) is 0 Å². The van der Waals surface area contributed by atoms with Crippen LogP contribution in [0.15, 0.2) is 35.2 Å². The number of carbonyl (C=O) groups excluding carboxylic acids is 2. The Morgan fingerprint density at radius 1 is 1.20 bits per heavy atom. The van der Waals surface area contributed by atoms with E-state index in [-0.39, 0.29) is 17.7 Å². The molecule has 0 spiro atoms. The summed E-state index contributed by atoms with van der Waals surface area (Å²) in [5.74, 6) is 0.991. The summed E-state index contributed by atoms with van der Waals surface area (Å²) >= 11 is 3.07. The number of amides is 2. The SMILES string of the molecule is Cc1ccc(SCCNC(=O)c2sc(NC(=O)C3CC3)cc2C)cc1. The second-order valence-corrected chi connectivity index (χ2v) is 8.52. The van der Waals surface area contributed by atoms with Crippen molar-refractivity contribution in [2.45, 2.75) is 31.6 Å². The number of nitrogens with one attached hydrogen (secondary N) is 2. The van der Waals surface area contributed by atoms with E-state index in [4.69, 9.17) is 0 Å². The first-order valence-corrected chi connectivity index (χ1v) is 10.2. The Hall–Kier alpha value is -1.79. The Labute approximate surface area is 156 Å². The zero-order valence-corrected chi connectivity index (χ0v) is 16.1. The summed E-state index contributed by atoms with van der Waals surface area (Å²) in [6.07, 6.45) is 1.95. The lowest BCUT2D eigenvalue weighted by Gasteiger charge is -2.05. The molecule has 0 saturated heterocycles. The van der Waals surface area contributed by atoms with Crippen LogP contribution in [-0.4, -0.2) is 24.1 Å². The number of hydrogen-bond acceptors (Lipinski definition) is 4. The van der Waals surface area contributed by atoms with Gasteiger partial charge in [0.15, 0.2) is 0 Å². The molecule has 25 heavy (non-hydrogen) atoms. The Balaban J connectivity index is 1.46. The van der Waals surface area contributed by atoms with Gasteiger partial charge in [-0.15, -0.1) is 23.1 Å². The Kier molecular flexibility index (Phi) is 5.81. The molecule has 3 rings (SSSR count). The fourth-order valence-corrected chi connectivity index (χ4v) is 4.15. The maximum atomic E-state index is 12.3. The topological polar surface area (TPSA) is 58.2 Å². The summed E-state index contributed by atoms with van der Waals surface area (Å²) in [6.45, 7) is 4.58. The van der Waals surface area contributed by atoms with Crippen molar-refractivity contribution in [2.75, 3.05) is 17.6 Å². The zero-order chi connectivity index (χ0) is 17.8. The van der Waals surface area contributed by atoms with Gasteiger partial charge >= 0.3 is 0 Å². The second-order valence-electron chi connectivity index (χ2n) is 6.30. The highest BCUT2D eigenvalue weighted by Gasteiger charge is 2.30. The minimum atomic E-state index is -0.0704. The highest BCUT2D eigenvalue weighted by molar-refractivity contribution is 7.99. The van der Waals surface area contributed by atoms with Gasteiger partial charge in [-0.3, -0.25) is 9.59 Å². The van der Waals surface area contributed by atoms with E-state index >= 15 is 0 Å². The van der Waals surface area contributed by atoms with Crippen LogP contribution in [0.1, 0.15) is 33.6 Å². The van der Waals surface area contributed by atoms with Crippen molar-refractivity contribution in [2.24, 2.45) is 5.92 Å². The number of anilines is 1. The quantitative estimate of drug-likeness (QED) is 0.563. The van der Waals surface area contributed by atoms with E-state index in [0.717, 1.165) is 29.2 Å². The average Bonchev–Trinajstić information content (AvgIpc) is 3.37. The lowest BCUT2D eigenvalue weighted by atomic mass is 10.2. The molecule has 6 heteroatoms. The Morgan fingerprint density at radius 2 is 1.92 bits per heavy atom. The number of benzene rings is 1. The molecule has 132 valence electrons. The molecule has 1 aliphatic carbocycles. The summed E-state index contributed by atoms with van der Waals surface area (Å²) in [6, 6.07) is 10.3. The van der Waals surface area contributed by atoms with Crippen molar-refractivity contribution in [1.29, 1.82) is 0 Å². The third-order valence-corrected chi connectivity index (χ3v) is 6.16. The van der Waals surface area contributed by atoms with E-state index in [0.29, 0.717) is 11.4 Å². The summed E-state index contributed by atoms with van der Waals surface area (Å²) in [7, 11) is 0. The van der Waals surface area contributed by atoms with Crippen LogP contribution < -0.4 is 10.6 Å². The number of rotatable bonds is 7. The van der Waals surface area contributed by atoms with E-state index in [1.165, 1.54) is 21.8 Å². The van der Waals surface area contributed by atoms with Crippen molar-refractivity contribution in [3.05, 3.63) is 46.3 Å². The number of aryl methyl sites for hydroxylation is 2. The normalized spacial score (nSPS) is 13.5. The predicted octanol–water partition coefficient (Wildman–Crippen LogP) is 4.24. The molecule has 1 heterocycles. The highest BCUT2D eigenvalue weighted by Crippen LogP contribution is 2.32. The summed E-state index contributed by atoms with van der Waals surface area (Å²) in [5, 5.41) is 6.63. The summed E-state index contributed by atoms with van der Waals surface area (Å²) in [5.41, 5.74) is 2.15. The molecule has 0 aliphatic heterocycles. The van der Waals surface area contributed by atoms with Crippen molar-refractivity contribution in [3.8, 4) is 0 Å². The molecule has 1 aromatic carbocycles. The molecular weight excluding hydrogens is 352 g/mol. The summed E-state index contributed by atoms with van der Waals surface area (Å²) < 4.78 is 0. The smallest absolute Gasteiger partial charge is 0.261 e. The van der Waals surface area contributed by atoms with E-state index in [1.807, 2.05) is 13.0 Å². The minimum absolute atomic E-state index is 0.0704. The van der Waals surface area contributed by atoms with Gasteiger partial charge < -0.3 is 10.6 Å². The van der Waals surface area contributed by atoms with Crippen molar-refractivity contribution < 1.29 is 9.59 Å². The predicted molar refractivity (Wildman–Crippen MR) is 105 cm³/mol. The average molecular weight is 375 g/mol. The zero-order valence-electron chi connectivity index (χ0n) is 14.4. The number of thiophene rings is 1. The maximum Gasteiger partial charge on any atom is 0.261 e. The first kappa shape index (κ1) is 18.0. The standard InChI is InChI=1S/C19H22N2O2S2/c1-12-3-7-15(8-4-12)24-10-9-20-19(23)17-13(2)11-16(25-17)21-18(22)14-5-6-14/h3-4,7-8,11,14H,5-6,9-10H2,1-2H3,(H,20,23)(H,21,22). The number of hydrogen-bond donors (Lipinski definition) is 2. The van der Waals surface area contributed by atoms with Crippen molar-refractivity contribution >= 4 is 39.9 Å². The van der Waals surface area contributed by atoms with Gasteiger partial charge in [0.05, 0.1) is 9.88 Å². The van der Waals surface area contributed by atoms with E-state index < -0.39 is 0 Å². The number of thioether (sulfide) groups is 1. The van der Waals surface area contributed by atoms with Crippen LogP contribution in [0.2, 0.25) is 0 Å². The molecule has 0 atom stereocenters. The maximum absolute atomic E-state index is 12.3. The van der Waals surface area contributed by atoms with Crippen LogP contribution >= 0.6 is 23.1 Å². The largest absolute Gasteiger partial charge is 0.350 e. The van der Waals surface area contributed by atoms with Gasteiger partial charge in [0, 0.05) is 23.1 Å². The molecule has 2 amide bonds. The molecule has 1 aliphatic rings. The van der Waals surface area contributed by atoms with E-state index in [9.17, 15) is 9.59 Å². The lowest BCUT2D eigenvalue weighted by Crippen LogP contribution is -2.25. The van der Waals surface area contributed by atoms with Crippen LogP contribution in [-0.2, 0) is 4.79 Å². The van der Waals surface area contributed by atoms with Crippen LogP contribution in [0.4, 0.5) is 5.00 Å². The first-order chi connectivity index (χ1) is 12.0. The highest BCUT2D eigenvalue weighted by atomic mass is 32.2. The van der Waals surface area contributed by atoms with Gasteiger partial charge in [0.1, 0.15) is 0 Å². The molecule has 0 bridgehead atoms. The van der Waals surface area contributed by atoms with Gasteiger partial charge in [-0.05, 0) is 50.5 Å². The van der Waals surface area contributed by atoms with Crippen LogP contribution in [0.25, 0.3) is 0 Å². The van der Waals surface area contributed by atoms with Gasteiger partial charge in [-0.2, -0.15) is 0 Å².